The minimum absolute atomic E-state index is 0.0220. The molecule has 2 aromatic rings. The molecule has 0 saturated carbocycles. The summed E-state index contributed by atoms with van der Waals surface area (Å²) in [7, 11) is -4.10. The summed E-state index contributed by atoms with van der Waals surface area (Å²) in [4.78, 5) is 12.0. The highest BCUT2D eigenvalue weighted by molar-refractivity contribution is 7.92. The molecule has 0 N–H and O–H groups in total. The summed E-state index contributed by atoms with van der Waals surface area (Å²) in [5.74, 6) is -0.169. The maximum Gasteiger partial charge on any atom is 0.326 e. The predicted molar refractivity (Wildman–Crippen MR) is 105 cm³/mol. The zero-order chi connectivity index (χ0) is 20.0. The number of carbonyl (C=O) groups is 1. The Morgan fingerprint density at radius 3 is 2.30 bits per heavy atom. The second-order valence-electron chi connectivity index (χ2n) is 5.29. The molecule has 0 aliphatic heterocycles. The molecule has 146 valence electrons. The van der Waals surface area contributed by atoms with E-state index in [1.165, 1.54) is 24.3 Å². The van der Waals surface area contributed by atoms with E-state index < -0.39 is 22.5 Å². The van der Waals surface area contributed by atoms with Crippen LogP contribution in [0.4, 0.5) is 5.69 Å². The fraction of sp³-hybridized carbons (Fsp3) is 0.278. The number of sulfonamides is 1. The molecule has 2 rings (SSSR count). The third-order valence-corrected chi connectivity index (χ3v) is 6.08. The van der Waals surface area contributed by atoms with Crippen LogP contribution in [0.5, 0.6) is 5.75 Å². The lowest BCUT2D eigenvalue weighted by Crippen LogP contribution is -2.36. The molecule has 9 heteroatoms. The summed E-state index contributed by atoms with van der Waals surface area (Å²) in [5.41, 5.74) is 0.0890. The highest BCUT2D eigenvalue weighted by Crippen LogP contribution is 2.35. The van der Waals surface area contributed by atoms with Crippen molar-refractivity contribution in [3.8, 4) is 5.75 Å². The molecule has 0 bridgehead atoms. The van der Waals surface area contributed by atoms with Crippen molar-refractivity contribution in [3.05, 3.63) is 52.5 Å². The fourth-order valence-corrected chi connectivity index (χ4v) is 4.18. The molecule has 6 nitrogen and oxygen atoms in total. The van der Waals surface area contributed by atoms with Crippen LogP contribution < -0.4 is 9.04 Å². The maximum atomic E-state index is 13.2. The number of benzene rings is 2. The molecule has 0 aromatic heterocycles. The molecule has 0 atom stereocenters. The van der Waals surface area contributed by atoms with Gasteiger partial charge in [-0.2, -0.15) is 0 Å². The molecule has 0 fully saturated rings. The third kappa shape index (κ3) is 5.06. The van der Waals surface area contributed by atoms with Gasteiger partial charge in [0.1, 0.15) is 12.3 Å². The first kappa shape index (κ1) is 21.3. The van der Waals surface area contributed by atoms with E-state index in [-0.39, 0.29) is 27.2 Å². The zero-order valence-electron chi connectivity index (χ0n) is 14.8. The van der Waals surface area contributed by atoms with Crippen molar-refractivity contribution in [2.75, 3.05) is 24.1 Å². The topological polar surface area (TPSA) is 72.9 Å². The number of carbonyl (C=O) groups excluding carboxylic acids is 1. The molecule has 0 heterocycles. The van der Waals surface area contributed by atoms with Crippen molar-refractivity contribution in [3.63, 3.8) is 0 Å². The molecular formula is C18H19Cl2NO5S. The highest BCUT2D eigenvalue weighted by atomic mass is 35.5. The van der Waals surface area contributed by atoms with Gasteiger partial charge in [-0.3, -0.25) is 9.10 Å². The van der Waals surface area contributed by atoms with Crippen LogP contribution in [0.25, 0.3) is 0 Å². The zero-order valence-corrected chi connectivity index (χ0v) is 17.1. The van der Waals surface area contributed by atoms with Crippen LogP contribution in [0.15, 0.2) is 47.4 Å². The lowest BCUT2D eigenvalue weighted by Gasteiger charge is -2.25. The van der Waals surface area contributed by atoms with Crippen molar-refractivity contribution in [1.82, 2.24) is 0 Å². The standard InChI is InChI=1S/C18H19Cl2NO5S/c1-3-25-13-8-10-14(11-9-13)27(23,24)21(12-17(22)26-4-2)16-7-5-6-15(19)18(16)20/h5-11H,3-4,12H2,1-2H3. The number of rotatable bonds is 8. The van der Waals surface area contributed by atoms with E-state index in [0.717, 1.165) is 4.31 Å². The van der Waals surface area contributed by atoms with Crippen molar-refractivity contribution < 1.29 is 22.7 Å². The van der Waals surface area contributed by atoms with Crippen LogP contribution >= 0.6 is 23.2 Å². The van der Waals surface area contributed by atoms with Crippen LogP contribution in [0.2, 0.25) is 10.0 Å². The van der Waals surface area contributed by atoms with E-state index >= 15 is 0 Å². The lowest BCUT2D eigenvalue weighted by molar-refractivity contribution is -0.141. The Morgan fingerprint density at radius 1 is 1.04 bits per heavy atom. The smallest absolute Gasteiger partial charge is 0.326 e. The maximum absolute atomic E-state index is 13.2. The third-order valence-electron chi connectivity index (χ3n) is 3.50. The molecule has 0 amide bonds. The van der Waals surface area contributed by atoms with Gasteiger partial charge in [0.25, 0.3) is 10.0 Å². The Labute approximate surface area is 168 Å². The molecule has 0 radical (unpaired) electrons. The quantitative estimate of drug-likeness (QED) is 0.586. The summed E-state index contributed by atoms with van der Waals surface area (Å²) >= 11 is 12.2. The number of anilines is 1. The summed E-state index contributed by atoms with van der Waals surface area (Å²) in [6.07, 6.45) is 0. The van der Waals surface area contributed by atoms with Gasteiger partial charge in [-0.1, -0.05) is 29.3 Å². The summed E-state index contributed by atoms with van der Waals surface area (Å²) < 4.78 is 37.5. The summed E-state index contributed by atoms with van der Waals surface area (Å²) in [5, 5.41) is 0.197. The molecular weight excluding hydrogens is 413 g/mol. The highest BCUT2D eigenvalue weighted by Gasteiger charge is 2.29. The Kier molecular flexibility index (Phi) is 7.35. The Bertz CT molecular complexity index is 900. The summed E-state index contributed by atoms with van der Waals surface area (Å²) in [6, 6.07) is 10.4. The second-order valence-corrected chi connectivity index (χ2v) is 7.94. The summed E-state index contributed by atoms with van der Waals surface area (Å²) in [6.45, 7) is 3.50. The van der Waals surface area contributed by atoms with E-state index in [2.05, 4.69) is 0 Å². The predicted octanol–water partition coefficient (Wildman–Crippen LogP) is 4.15. The largest absolute Gasteiger partial charge is 0.494 e. The number of ether oxygens (including phenoxy) is 2. The fourth-order valence-electron chi connectivity index (χ4n) is 2.31. The van der Waals surface area contributed by atoms with Crippen LogP contribution in [-0.2, 0) is 19.6 Å². The monoisotopic (exact) mass is 431 g/mol. The first-order valence-corrected chi connectivity index (χ1v) is 10.4. The molecule has 0 aliphatic carbocycles. The van der Waals surface area contributed by atoms with Crippen molar-refractivity contribution >= 4 is 44.9 Å². The average Bonchev–Trinajstić information content (AvgIpc) is 2.63. The van der Waals surface area contributed by atoms with E-state index in [1.54, 1.807) is 25.1 Å². The van der Waals surface area contributed by atoms with E-state index in [0.29, 0.717) is 12.4 Å². The van der Waals surface area contributed by atoms with Gasteiger partial charge in [-0.25, -0.2) is 8.42 Å². The van der Waals surface area contributed by atoms with Gasteiger partial charge in [0, 0.05) is 0 Å². The van der Waals surface area contributed by atoms with E-state index in [9.17, 15) is 13.2 Å². The van der Waals surface area contributed by atoms with Gasteiger partial charge in [0.05, 0.1) is 33.8 Å². The number of halogens is 2. The van der Waals surface area contributed by atoms with Crippen molar-refractivity contribution in [1.29, 1.82) is 0 Å². The van der Waals surface area contributed by atoms with Gasteiger partial charge >= 0.3 is 5.97 Å². The van der Waals surface area contributed by atoms with Gasteiger partial charge < -0.3 is 9.47 Å². The molecule has 0 aliphatic rings. The molecule has 0 spiro atoms. The first-order valence-electron chi connectivity index (χ1n) is 8.16. The molecule has 0 saturated heterocycles. The van der Waals surface area contributed by atoms with Crippen LogP contribution in [0, 0.1) is 0 Å². The van der Waals surface area contributed by atoms with E-state index in [4.69, 9.17) is 32.7 Å². The van der Waals surface area contributed by atoms with Gasteiger partial charge in [0.15, 0.2) is 0 Å². The Hall–Kier alpha value is -1.96. The minimum atomic E-state index is -4.10. The minimum Gasteiger partial charge on any atom is -0.494 e. The Morgan fingerprint density at radius 2 is 1.70 bits per heavy atom. The normalized spacial score (nSPS) is 11.1. The van der Waals surface area contributed by atoms with Crippen LogP contribution in [0.1, 0.15) is 13.8 Å². The number of nitrogens with zero attached hydrogens (tertiary/aromatic N) is 1. The molecule has 2 aromatic carbocycles. The van der Waals surface area contributed by atoms with Crippen LogP contribution in [0.3, 0.4) is 0 Å². The number of hydrogen-bond donors (Lipinski definition) is 0. The van der Waals surface area contributed by atoms with Gasteiger partial charge in [0.2, 0.25) is 0 Å². The number of hydrogen-bond acceptors (Lipinski definition) is 5. The van der Waals surface area contributed by atoms with Crippen molar-refractivity contribution in [2.24, 2.45) is 0 Å². The average molecular weight is 432 g/mol. The van der Waals surface area contributed by atoms with Gasteiger partial charge in [-0.15, -0.1) is 0 Å². The van der Waals surface area contributed by atoms with Crippen molar-refractivity contribution in [2.45, 2.75) is 18.7 Å². The van der Waals surface area contributed by atoms with Gasteiger partial charge in [-0.05, 0) is 50.2 Å². The first-order chi connectivity index (χ1) is 12.8. The SMILES string of the molecule is CCOC(=O)CN(c1cccc(Cl)c1Cl)S(=O)(=O)c1ccc(OCC)cc1. The number of esters is 1. The molecule has 0 unspecified atom stereocenters. The van der Waals surface area contributed by atoms with E-state index in [1.807, 2.05) is 6.92 Å². The second kappa shape index (κ2) is 9.30. The molecule has 27 heavy (non-hydrogen) atoms. The van der Waals surface area contributed by atoms with Crippen LogP contribution in [-0.4, -0.2) is 34.1 Å². The lowest BCUT2D eigenvalue weighted by atomic mass is 10.3. The Balaban J connectivity index is 2.50.